The van der Waals surface area contributed by atoms with E-state index in [1.54, 1.807) is 36.8 Å². The number of halogens is 1. The molecule has 0 saturated heterocycles. The van der Waals surface area contributed by atoms with Gasteiger partial charge in [0.15, 0.2) is 11.6 Å². The molecule has 0 aliphatic carbocycles. The molecule has 0 amide bonds. The highest BCUT2D eigenvalue weighted by Gasteiger charge is 2.12. The monoisotopic (exact) mass is 521 g/mol. The summed E-state index contributed by atoms with van der Waals surface area (Å²) in [6.45, 7) is 0. The maximum atomic E-state index is 9.59. The molecule has 0 spiro atoms. The Morgan fingerprint density at radius 1 is 1.13 bits per heavy atom. The lowest BCUT2D eigenvalue weighted by Gasteiger charge is -2.04. The van der Waals surface area contributed by atoms with Crippen molar-refractivity contribution in [1.82, 2.24) is 20.2 Å². The fraction of sp³-hybridized carbons (Fsp3) is 0.0455. The molecule has 31 heavy (non-hydrogen) atoms. The van der Waals surface area contributed by atoms with Gasteiger partial charge in [0, 0.05) is 28.7 Å². The summed E-state index contributed by atoms with van der Waals surface area (Å²) < 4.78 is 6.47. The van der Waals surface area contributed by atoms with Crippen molar-refractivity contribution in [2.24, 2.45) is 4.99 Å². The molecule has 0 bridgehead atoms. The molecule has 0 atom stereocenters. The van der Waals surface area contributed by atoms with E-state index >= 15 is 0 Å². The SMILES string of the molecule is N#Cc1c(Nc2cccc(CI)c2)n[nH]c1/N=C/c1ccc(Oc2ncccn2)cc1. The number of aromatic amines is 1. The van der Waals surface area contributed by atoms with Crippen molar-refractivity contribution in [3.63, 3.8) is 0 Å². The van der Waals surface area contributed by atoms with Crippen molar-refractivity contribution in [1.29, 1.82) is 5.26 Å². The van der Waals surface area contributed by atoms with E-state index in [0.29, 0.717) is 22.9 Å². The molecule has 8 nitrogen and oxygen atoms in total. The summed E-state index contributed by atoms with van der Waals surface area (Å²) in [5, 5.41) is 19.8. The summed E-state index contributed by atoms with van der Waals surface area (Å²) in [7, 11) is 0. The van der Waals surface area contributed by atoms with Crippen LogP contribution in [0, 0.1) is 11.3 Å². The second-order valence-corrected chi connectivity index (χ2v) is 7.09. The van der Waals surface area contributed by atoms with Gasteiger partial charge in [-0.1, -0.05) is 34.7 Å². The Labute approximate surface area is 192 Å². The van der Waals surface area contributed by atoms with Crippen LogP contribution in [0.1, 0.15) is 16.7 Å². The van der Waals surface area contributed by atoms with Crippen LogP contribution in [0.3, 0.4) is 0 Å². The van der Waals surface area contributed by atoms with Crippen molar-refractivity contribution in [3.05, 3.63) is 83.7 Å². The highest BCUT2D eigenvalue weighted by molar-refractivity contribution is 14.1. The van der Waals surface area contributed by atoms with Gasteiger partial charge in [0.2, 0.25) is 0 Å². The number of nitrogens with one attached hydrogen (secondary N) is 2. The van der Waals surface area contributed by atoms with Gasteiger partial charge in [-0.3, -0.25) is 5.10 Å². The number of aromatic nitrogens is 4. The molecular weight excluding hydrogens is 505 g/mol. The van der Waals surface area contributed by atoms with Gasteiger partial charge in [-0.15, -0.1) is 0 Å². The predicted molar refractivity (Wildman–Crippen MR) is 127 cm³/mol. The smallest absolute Gasteiger partial charge is 0.321 e. The molecule has 0 fully saturated rings. The van der Waals surface area contributed by atoms with Crippen molar-refractivity contribution >= 4 is 46.1 Å². The van der Waals surface area contributed by atoms with Crippen molar-refractivity contribution in [2.75, 3.05) is 5.32 Å². The van der Waals surface area contributed by atoms with Crippen molar-refractivity contribution in [2.45, 2.75) is 4.43 Å². The Balaban J connectivity index is 1.47. The number of benzene rings is 2. The molecular formula is C22H16IN7O. The summed E-state index contributed by atoms with van der Waals surface area (Å²) >= 11 is 2.31. The Kier molecular flexibility index (Phi) is 6.49. The first kappa shape index (κ1) is 20.5. The van der Waals surface area contributed by atoms with E-state index in [4.69, 9.17) is 4.74 Å². The van der Waals surface area contributed by atoms with Gasteiger partial charge in [0.1, 0.15) is 17.4 Å². The molecule has 2 aromatic heterocycles. The van der Waals surface area contributed by atoms with Crippen LogP contribution in [0.15, 0.2) is 72.0 Å². The summed E-state index contributed by atoms with van der Waals surface area (Å²) in [5.41, 5.74) is 3.23. The normalized spacial score (nSPS) is 10.7. The summed E-state index contributed by atoms with van der Waals surface area (Å²) in [6, 6.07) is 19.4. The largest absolute Gasteiger partial charge is 0.424 e. The number of alkyl halides is 1. The summed E-state index contributed by atoms with van der Waals surface area (Å²) in [4.78, 5) is 12.4. The lowest BCUT2D eigenvalue weighted by Crippen LogP contribution is -1.93. The number of H-pyrrole nitrogens is 1. The topological polar surface area (TPSA) is 112 Å². The van der Waals surface area contributed by atoms with E-state index in [0.717, 1.165) is 15.7 Å². The zero-order valence-electron chi connectivity index (χ0n) is 16.2. The minimum Gasteiger partial charge on any atom is -0.424 e. The quantitative estimate of drug-likeness (QED) is 0.194. The number of hydrogen-bond donors (Lipinski definition) is 2. The average Bonchev–Trinajstić information content (AvgIpc) is 3.20. The number of ether oxygens (including phenoxy) is 1. The second kappa shape index (κ2) is 9.82. The molecule has 0 saturated carbocycles. The maximum Gasteiger partial charge on any atom is 0.321 e. The van der Waals surface area contributed by atoms with Gasteiger partial charge in [-0.2, -0.15) is 10.4 Å². The van der Waals surface area contributed by atoms with Gasteiger partial charge in [0.25, 0.3) is 0 Å². The summed E-state index contributed by atoms with van der Waals surface area (Å²) in [6.07, 6.45) is 4.88. The van der Waals surface area contributed by atoms with Crippen LogP contribution < -0.4 is 10.1 Å². The van der Waals surface area contributed by atoms with Crippen molar-refractivity contribution < 1.29 is 4.74 Å². The van der Waals surface area contributed by atoms with E-state index in [1.165, 1.54) is 5.56 Å². The number of rotatable bonds is 7. The van der Waals surface area contributed by atoms with E-state index in [1.807, 2.05) is 36.4 Å². The molecule has 9 heteroatoms. The first-order chi connectivity index (χ1) is 15.2. The van der Waals surface area contributed by atoms with E-state index in [9.17, 15) is 5.26 Å². The molecule has 4 aromatic rings. The lowest BCUT2D eigenvalue weighted by atomic mass is 10.2. The fourth-order valence-corrected chi connectivity index (χ4v) is 3.17. The van der Waals surface area contributed by atoms with Gasteiger partial charge in [-0.25, -0.2) is 15.0 Å². The first-order valence-corrected chi connectivity index (χ1v) is 10.8. The molecule has 2 aromatic carbocycles. The van der Waals surface area contributed by atoms with Crippen LogP contribution in [0.2, 0.25) is 0 Å². The van der Waals surface area contributed by atoms with E-state index in [-0.39, 0.29) is 6.01 Å². The fourth-order valence-electron chi connectivity index (χ4n) is 2.70. The summed E-state index contributed by atoms with van der Waals surface area (Å²) in [5.74, 6) is 1.43. The number of nitrogens with zero attached hydrogens (tertiary/aromatic N) is 5. The lowest BCUT2D eigenvalue weighted by molar-refractivity contribution is 0.442. The van der Waals surface area contributed by atoms with Crippen LogP contribution in [-0.2, 0) is 4.43 Å². The molecule has 4 rings (SSSR count). The third-order valence-electron chi connectivity index (χ3n) is 4.18. The third-order valence-corrected chi connectivity index (χ3v) is 5.06. The highest BCUT2D eigenvalue weighted by atomic mass is 127. The molecule has 0 radical (unpaired) electrons. The number of hydrogen-bond acceptors (Lipinski definition) is 7. The Morgan fingerprint density at radius 2 is 1.94 bits per heavy atom. The van der Waals surface area contributed by atoms with Crippen LogP contribution >= 0.6 is 22.6 Å². The van der Waals surface area contributed by atoms with E-state index in [2.05, 4.69) is 59.1 Å². The molecule has 2 N–H and O–H groups in total. The molecule has 152 valence electrons. The van der Waals surface area contributed by atoms with Gasteiger partial charge >= 0.3 is 6.01 Å². The van der Waals surface area contributed by atoms with Crippen LogP contribution in [0.25, 0.3) is 0 Å². The van der Waals surface area contributed by atoms with Crippen LogP contribution in [0.5, 0.6) is 11.8 Å². The zero-order chi connectivity index (χ0) is 21.5. The molecule has 2 heterocycles. The number of anilines is 2. The van der Waals surface area contributed by atoms with E-state index < -0.39 is 0 Å². The average molecular weight is 521 g/mol. The third kappa shape index (κ3) is 5.23. The minimum atomic E-state index is 0.282. The molecule has 0 aliphatic heterocycles. The Hall–Kier alpha value is -3.78. The number of aliphatic imine (C=N–C) groups is 1. The highest BCUT2D eigenvalue weighted by Crippen LogP contribution is 2.26. The van der Waals surface area contributed by atoms with Gasteiger partial charge in [0.05, 0.1) is 0 Å². The molecule has 0 unspecified atom stereocenters. The standard InChI is InChI=1S/C22H16IN7O/c23-12-16-3-1-4-17(11-16)28-21-19(13-24)20(29-30-21)27-14-15-5-7-18(8-6-15)31-22-25-9-2-10-26-22/h1-11,14H,12H2,(H2,28,29,30)/b27-14+. The minimum absolute atomic E-state index is 0.282. The van der Waals surface area contributed by atoms with Crippen LogP contribution in [0.4, 0.5) is 17.3 Å². The van der Waals surface area contributed by atoms with Crippen LogP contribution in [-0.4, -0.2) is 26.4 Å². The Morgan fingerprint density at radius 3 is 2.68 bits per heavy atom. The Bertz CT molecular complexity index is 1230. The zero-order valence-corrected chi connectivity index (χ0v) is 18.3. The molecule has 0 aliphatic rings. The van der Waals surface area contributed by atoms with Crippen molar-refractivity contribution in [3.8, 4) is 17.8 Å². The van der Waals surface area contributed by atoms with Gasteiger partial charge < -0.3 is 10.1 Å². The van der Waals surface area contributed by atoms with Gasteiger partial charge in [-0.05, 0) is 53.6 Å². The number of nitriles is 1. The maximum absolute atomic E-state index is 9.59. The predicted octanol–water partition coefficient (Wildman–Crippen LogP) is 5.29. The first-order valence-electron chi connectivity index (χ1n) is 9.24. The second-order valence-electron chi connectivity index (χ2n) is 6.33.